The first kappa shape index (κ1) is 15.1. The van der Waals surface area contributed by atoms with Crippen LogP contribution in [0.25, 0.3) is 16.9 Å². The van der Waals surface area contributed by atoms with Gasteiger partial charge >= 0.3 is 0 Å². The molecule has 8 heteroatoms. The normalized spacial score (nSPS) is 14.0. The molecule has 0 bridgehead atoms. The van der Waals surface area contributed by atoms with Crippen molar-refractivity contribution < 1.29 is 9.18 Å². The summed E-state index contributed by atoms with van der Waals surface area (Å²) >= 11 is 1.30. The lowest BCUT2D eigenvalue weighted by Gasteiger charge is -2.04. The van der Waals surface area contributed by atoms with E-state index in [9.17, 15) is 9.18 Å². The molecule has 1 N–H and O–H groups in total. The lowest BCUT2D eigenvalue weighted by Crippen LogP contribution is -2.27. The van der Waals surface area contributed by atoms with E-state index in [0.29, 0.717) is 22.5 Å². The molecule has 0 radical (unpaired) electrons. The minimum absolute atomic E-state index is 0.00561. The minimum atomic E-state index is -0.290. The molecule has 122 valence electrons. The van der Waals surface area contributed by atoms with Gasteiger partial charge in [0.2, 0.25) is 11.1 Å². The number of carbonyl (C=O) groups excluding carboxylic acids is 1. The van der Waals surface area contributed by atoms with E-state index < -0.39 is 0 Å². The van der Waals surface area contributed by atoms with Gasteiger partial charge in [-0.2, -0.15) is 9.61 Å². The van der Waals surface area contributed by atoms with Crippen LogP contribution in [0.5, 0.6) is 0 Å². The van der Waals surface area contributed by atoms with Gasteiger partial charge in [0.25, 0.3) is 0 Å². The Bertz CT molecular complexity index is 891. The molecule has 1 fully saturated rings. The predicted octanol–water partition coefficient (Wildman–Crippen LogP) is 2.30. The number of halogens is 1. The molecule has 0 aliphatic heterocycles. The van der Waals surface area contributed by atoms with Gasteiger partial charge in [-0.05, 0) is 49.2 Å². The Hall–Kier alpha value is -2.48. The molecule has 1 aliphatic carbocycles. The van der Waals surface area contributed by atoms with Gasteiger partial charge in [-0.15, -0.1) is 10.2 Å². The predicted molar refractivity (Wildman–Crippen MR) is 88.1 cm³/mol. The fourth-order valence-electron chi connectivity index (χ4n) is 2.26. The van der Waals surface area contributed by atoms with Gasteiger partial charge in [0.1, 0.15) is 5.82 Å². The van der Waals surface area contributed by atoms with Crippen LogP contribution in [-0.4, -0.2) is 37.5 Å². The third-order valence-corrected chi connectivity index (χ3v) is 4.57. The molecule has 2 heterocycles. The van der Waals surface area contributed by atoms with E-state index in [1.807, 2.05) is 6.07 Å². The van der Waals surface area contributed by atoms with Crippen molar-refractivity contribution in [3.8, 4) is 11.3 Å². The molecule has 1 aromatic carbocycles. The van der Waals surface area contributed by atoms with Gasteiger partial charge in [-0.3, -0.25) is 4.79 Å². The number of amides is 1. The van der Waals surface area contributed by atoms with E-state index in [2.05, 4.69) is 20.6 Å². The first-order valence-electron chi connectivity index (χ1n) is 7.59. The van der Waals surface area contributed by atoms with Crippen LogP contribution in [-0.2, 0) is 4.79 Å². The molecule has 0 unspecified atom stereocenters. The molecule has 1 amide bonds. The lowest BCUT2D eigenvalue weighted by molar-refractivity contribution is -0.118. The average Bonchev–Trinajstić information content (AvgIpc) is 3.31. The summed E-state index contributed by atoms with van der Waals surface area (Å²) < 4.78 is 14.7. The number of fused-ring (bicyclic) bond motifs is 1. The van der Waals surface area contributed by atoms with E-state index >= 15 is 0 Å². The highest BCUT2D eigenvalue weighted by Crippen LogP contribution is 2.22. The summed E-state index contributed by atoms with van der Waals surface area (Å²) in [7, 11) is 0. The topological polar surface area (TPSA) is 72.2 Å². The number of rotatable bonds is 5. The quantitative estimate of drug-likeness (QED) is 0.720. The van der Waals surface area contributed by atoms with Crippen molar-refractivity contribution in [2.24, 2.45) is 0 Å². The van der Waals surface area contributed by atoms with Crippen LogP contribution < -0.4 is 5.32 Å². The number of carbonyl (C=O) groups is 1. The highest BCUT2D eigenvalue weighted by Gasteiger charge is 2.23. The summed E-state index contributed by atoms with van der Waals surface area (Å²) in [6.45, 7) is 0. The van der Waals surface area contributed by atoms with E-state index in [1.54, 1.807) is 22.7 Å². The van der Waals surface area contributed by atoms with Crippen molar-refractivity contribution in [2.75, 3.05) is 5.75 Å². The monoisotopic (exact) mass is 343 g/mol. The summed E-state index contributed by atoms with van der Waals surface area (Å²) in [5.74, 6) is -0.0179. The van der Waals surface area contributed by atoms with Crippen molar-refractivity contribution in [1.29, 1.82) is 0 Å². The van der Waals surface area contributed by atoms with Crippen LogP contribution in [0.3, 0.4) is 0 Å². The van der Waals surface area contributed by atoms with E-state index in [4.69, 9.17) is 0 Å². The fourth-order valence-corrected chi connectivity index (χ4v) is 2.96. The fraction of sp³-hybridized carbons (Fsp3) is 0.250. The van der Waals surface area contributed by atoms with Crippen LogP contribution in [0.4, 0.5) is 4.39 Å². The SMILES string of the molecule is O=C(CSc1nnc2ccc(-c3ccc(F)cc3)nn12)NC1CC1. The molecule has 2 aromatic heterocycles. The summed E-state index contributed by atoms with van der Waals surface area (Å²) in [6, 6.07) is 10.1. The van der Waals surface area contributed by atoms with Crippen molar-refractivity contribution in [3.63, 3.8) is 0 Å². The Morgan fingerprint density at radius 3 is 2.75 bits per heavy atom. The molecule has 0 spiro atoms. The Morgan fingerprint density at radius 2 is 2.00 bits per heavy atom. The van der Waals surface area contributed by atoms with Gasteiger partial charge in [0.05, 0.1) is 11.4 Å². The van der Waals surface area contributed by atoms with Crippen molar-refractivity contribution >= 4 is 23.3 Å². The first-order chi connectivity index (χ1) is 11.7. The van der Waals surface area contributed by atoms with Crippen molar-refractivity contribution in [1.82, 2.24) is 25.1 Å². The number of benzene rings is 1. The second-order valence-corrected chi connectivity index (χ2v) is 6.55. The molecule has 6 nitrogen and oxygen atoms in total. The van der Waals surface area contributed by atoms with Gasteiger partial charge in [0.15, 0.2) is 5.65 Å². The van der Waals surface area contributed by atoms with Crippen LogP contribution in [0, 0.1) is 5.82 Å². The smallest absolute Gasteiger partial charge is 0.230 e. The average molecular weight is 343 g/mol. The molecule has 4 rings (SSSR count). The van der Waals surface area contributed by atoms with Crippen LogP contribution in [0.1, 0.15) is 12.8 Å². The largest absolute Gasteiger partial charge is 0.353 e. The highest BCUT2D eigenvalue weighted by molar-refractivity contribution is 7.99. The third-order valence-electron chi connectivity index (χ3n) is 3.65. The van der Waals surface area contributed by atoms with Crippen molar-refractivity contribution in [3.05, 3.63) is 42.2 Å². The van der Waals surface area contributed by atoms with Gasteiger partial charge in [-0.1, -0.05) is 11.8 Å². The highest BCUT2D eigenvalue weighted by atomic mass is 32.2. The Morgan fingerprint density at radius 1 is 1.21 bits per heavy atom. The summed E-state index contributed by atoms with van der Waals surface area (Å²) in [4.78, 5) is 11.8. The van der Waals surface area contributed by atoms with Crippen LogP contribution in [0.2, 0.25) is 0 Å². The number of nitrogens with zero attached hydrogens (tertiary/aromatic N) is 4. The first-order valence-corrected chi connectivity index (χ1v) is 8.58. The Labute approximate surface area is 141 Å². The van der Waals surface area contributed by atoms with Gasteiger partial charge in [0, 0.05) is 11.6 Å². The van der Waals surface area contributed by atoms with Crippen LogP contribution in [0.15, 0.2) is 41.6 Å². The summed E-state index contributed by atoms with van der Waals surface area (Å²) in [5, 5.41) is 16.1. The van der Waals surface area contributed by atoms with Crippen LogP contribution >= 0.6 is 11.8 Å². The zero-order valence-corrected chi connectivity index (χ0v) is 13.5. The van der Waals surface area contributed by atoms with Gasteiger partial charge < -0.3 is 5.32 Å². The molecule has 24 heavy (non-hydrogen) atoms. The second kappa shape index (κ2) is 6.20. The number of nitrogens with one attached hydrogen (secondary N) is 1. The standard InChI is InChI=1S/C16H14FN5OS/c17-11-3-1-10(2-4-11)13-7-8-14-19-20-16(22(14)21-13)24-9-15(23)18-12-5-6-12/h1-4,7-8,12H,5-6,9H2,(H,18,23). The maximum atomic E-state index is 13.1. The molecular formula is C16H14FN5OS. The lowest BCUT2D eigenvalue weighted by atomic mass is 10.1. The number of aromatic nitrogens is 4. The zero-order chi connectivity index (χ0) is 16.5. The summed E-state index contributed by atoms with van der Waals surface area (Å²) in [6.07, 6.45) is 2.12. The number of hydrogen-bond donors (Lipinski definition) is 1. The van der Waals surface area contributed by atoms with E-state index in [1.165, 1.54) is 23.9 Å². The Kier molecular flexibility index (Phi) is 3.89. The Balaban J connectivity index is 1.56. The molecule has 3 aromatic rings. The molecule has 0 saturated heterocycles. The molecular weight excluding hydrogens is 329 g/mol. The number of hydrogen-bond acceptors (Lipinski definition) is 5. The zero-order valence-electron chi connectivity index (χ0n) is 12.6. The third kappa shape index (κ3) is 3.23. The minimum Gasteiger partial charge on any atom is -0.353 e. The maximum Gasteiger partial charge on any atom is 0.230 e. The number of thioether (sulfide) groups is 1. The molecule has 1 aliphatic rings. The molecule has 1 saturated carbocycles. The van der Waals surface area contributed by atoms with Gasteiger partial charge in [-0.25, -0.2) is 4.39 Å². The van der Waals surface area contributed by atoms with Crippen molar-refractivity contribution in [2.45, 2.75) is 24.0 Å². The molecule has 0 atom stereocenters. The van der Waals surface area contributed by atoms with E-state index in [-0.39, 0.29) is 17.5 Å². The van der Waals surface area contributed by atoms with E-state index in [0.717, 1.165) is 18.4 Å². The maximum absolute atomic E-state index is 13.1. The second-order valence-electron chi connectivity index (χ2n) is 5.61. The summed E-state index contributed by atoms with van der Waals surface area (Å²) in [5.41, 5.74) is 2.09.